The van der Waals surface area contributed by atoms with Crippen molar-refractivity contribution < 1.29 is 14.3 Å². The number of nitrogens with zero attached hydrogens (tertiary/aromatic N) is 1. The molecule has 156 valence electrons. The van der Waals surface area contributed by atoms with Crippen LogP contribution in [0.3, 0.4) is 0 Å². The number of ether oxygens (including phenoxy) is 1. The Balaban J connectivity index is 1.44. The second kappa shape index (κ2) is 9.53. The van der Waals surface area contributed by atoms with E-state index in [0.717, 1.165) is 26.0 Å². The van der Waals surface area contributed by atoms with Gasteiger partial charge in [-0.2, -0.15) is 0 Å². The summed E-state index contributed by atoms with van der Waals surface area (Å²) in [5.74, 6) is 0.400. The highest BCUT2D eigenvalue weighted by atomic mass is 127. The monoisotopic (exact) mass is 544 g/mol. The van der Waals surface area contributed by atoms with Gasteiger partial charge in [0.15, 0.2) is 0 Å². The molecule has 0 saturated carbocycles. The van der Waals surface area contributed by atoms with E-state index in [-0.39, 0.29) is 18.1 Å². The van der Waals surface area contributed by atoms with E-state index in [9.17, 15) is 9.59 Å². The van der Waals surface area contributed by atoms with Gasteiger partial charge in [0, 0.05) is 5.02 Å². The summed E-state index contributed by atoms with van der Waals surface area (Å²) in [6.45, 7) is 0.661. The molecule has 0 atom stereocenters. The number of carbonyl (C=O) groups is 2. The van der Waals surface area contributed by atoms with Crippen LogP contribution < -0.4 is 10.1 Å². The van der Waals surface area contributed by atoms with E-state index in [1.54, 1.807) is 6.08 Å². The minimum absolute atomic E-state index is 0.234. The van der Waals surface area contributed by atoms with E-state index in [4.69, 9.17) is 16.3 Å². The molecule has 1 N–H and O–H groups in total. The van der Waals surface area contributed by atoms with Gasteiger partial charge < -0.3 is 10.1 Å². The Bertz CT molecular complexity index is 1150. The van der Waals surface area contributed by atoms with Crippen molar-refractivity contribution in [1.29, 1.82) is 0 Å². The molecule has 7 heteroatoms. The molecule has 3 amide bonds. The summed E-state index contributed by atoms with van der Waals surface area (Å²) in [6, 6.07) is 22.1. The summed E-state index contributed by atoms with van der Waals surface area (Å²) < 4.78 is 6.79. The van der Waals surface area contributed by atoms with Crippen molar-refractivity contribution in [3.05, 3.63) is 104 Å². The van der Waals surface area contributed by atoms with E-state index in [0.29, 0.717) is 11.6 Å². The van der Waals surface area contributed by atoms with Crippen molar-refractivity contribution in [2.75, 3.05) is 0 Å². The fraction of sp³-hybridized carbons (Fsp3) is 0.0833. The molecular weight excluding hydrogens is 527 g/mol. The molecule has 1 aliphatic rings. The fourth-order valence-electron chi connectivity index (χ4n) is 3.11. The zero-order valence-electron chi connectivity index (χ0n) is 16.3. The van der Waals surface area contributed by atoms with Crippen molar-refractivity contribution in [1.82, 2.24) is 10.2 Å². The molecule has 1 aliphatic heterocycles. The van der Waals surface area contributed by atoms with Crippen molar-refractivity contribution in [3.63, 3.8) is 0 Å². The Hall–Kier alpha value is -2.84. The minimum atomic E-state index is -0.419. The van der Waals surface area contributed by atoms with Gasteiger partial charge in [-0.3, -0.25) is 9.69 Å². The van der Waals surface area contributed by atoms with E-state index >= 15 is 0 Å². The second-order valence-electron chi connectivity index (χ2n) is 6.97. The van der Waals surface area contributed by atoms with Crippen molar-refractivity contribution in [2.24, 2.45) is 0 Å². The summed E-state index contributed by atoms with van der Waals surface area (Å²) in [6.07, 6.45) is 1.68. The number of hydrogen-bond acceptors (Lipinski definition) is 3. The Kier molecular flexibility index (Phi) is 6.58. The zero-order valence-corrected chi connectivity index (χ0v) is 19.3. The first-order valence-electron chi connectivity index (χ1n) is 9.55. The highest BCUT2D eigenvalue weighted by Gasteiger charge is 2.33. The molecule has 0 radical (unpaired) electrons. The van der Waals surface area contributed by atoms with E-state index < -0.39 is 6.03 Å². The number of imide groups is 1. The molecule has 3 aromatic carbocycles. The van der Waals surface area contributed by atoms with Crippen LogP contribution in [-0.4, -0.2) is 16.8 Å². The summed E-state index contributed by atoms with van der Waals surface area (Å²) in [5.41, 5.74) is 2.97. The number of amides is 3. The molecule has 0 aromatic heterocycles. The predicted molar refractivity (Wildman–Crippen MR) is 128 cm³/mol. The van der Waals surface area contributed by atoms with Gasteiger partial charge in [-0.1, -0.05) is 60.1 Å². The Labute approximate surface area is 198 Å². The lowest BCUT2D eigenvalue weighted by molar-refractivity contribution is -0.123. The second-order valence-corrected chi connectivity index (χ2v) is 8.57. The number of rotatable bonds is 6. The molecule has 4 rings (SSSR count). The number of halogens is 2. The average Bonchev–Trinajstić information content (AvgIpc) is 3.02. The maximum absolute atomic E-state index is 12.7. The van der Waals surface area contributed by atoms with Crippen molar-refractivity contribution in [3.8, 4) is 5.75 Å². The van der Waals surface area contributed by atoms with E-state index in [2.05, 4.69) is 27.9 Å². The number of urea groups is 1. The molecule has 1 heterocycles. The molecule has 3 aromatic rings. The molecule has 31 heavy (non-hydrogen) atoms. The summed E-state index contributed by atoms with van der Waals surface area (Å²) in [7, 11) is 0. The van der Waals surface area contributed by atoms with Crippen LogP contribution in [0.15, 0.2) is 78.5 Å². The minimum Gasteiger partial charge on any atom is -0.488 e. The Morgan fingerprint density at radius 2 is 1.71 bits per heavy atom. The standard InChI is InChI=1S/C24H18ClIN2O3/c25-19-9-6-17(7-10-19)15-31-22-11-8-18(12-20(22)26)13-21-23(29)28(24(30)27-21)14-16-4-2-1-3-5-16/h1-13H,14-15H2,(H,27,30)/b21-13+. The van der Waals surface area contributed by atoms with Gasteiger partial charge >= 0.3 is 6.03 Å². The van der Waals surface area contributed by atoms with Gasteiger partial charge in [0.2, 0.25) is 0 Å². The van der Waals surface area contributed by atoms with Crippen LogP contribution in [0.5, 0.6) is 5.75 Å². The molecule has 0 unspecified atom stereocenters. The first kappa shape index (κ1) is 21.4. The number of nitrogens with one attached hydrogen (secondary N) is 1. The third-order valence-electron chi connectivity index (χ3n) is 4.72. The lowest BCUT2D eigenvalue weighted by Crippen LogP contribution is -2.30. The molecule has 0 bridgehead atoms. The maximum atomic E-state index is 12.7. The van der Waals surface area contributed by atoms with Gasteiger partial charge in [-0.05, 0) is 69.6 Å². The Morgan fingerprint density at radius 1 is 0.968 bits per heavy atom. The smallest absolute Gasteiger partial charge is 0.329 e. The van der Waals surface area contributed by atoms with Crippen molar-refractivity contribution in [2.45, 2.75) is 13.2 Å². The molecule has 0 spiro atoms. The lowest BCUT2D eigenvalue weighted by Gasteiger charge is -2.11. The molecule has 1 fully saturated rings. The van der Waals surface area contributed by atoms with E-state index in [1.165, 1.54) is 4.90 Å². The normalized spacial score (nSPS) is 14.8. The van der Waals surface area contributed by atoms with Crippen LogP contribution in [0.4, 0.5) is 4.79 Å². The summed E-state index contributed by atoms with van der Waals surface area (Å²) in [5, 5.41) is 3.35. The summed E-state index contributed by atoms with van der Waals surface area (Å²) >= 11 is 8.10. The molecule has 5 nitrogen and oxygen atoms in total. The third kappa shape index (κ3) is 5.26. The van der Waals surface area contributed by atoms with Gasteiger partial charge in [0.25, 0.3) is 5.91 Å². The van der Waals surface area contributed by atoms with Gasteiger partial charge in [-0.25, -0.2) is 4.79 Å². The molecule has 1 saturated heterocycles. The first-order valence-corrected chi connectivity index (χ1v) is 11.0. The van der Waals surface area contributed by atoms with Gasteiger partial charge in [0.05, 0.1) is 10.1 Å². The van der Waals surface area contributed by atoms with E-state index in [1.807, 2.05) is 72.8 Å². The zero-order chi connectivity index (χ0) is 21.8. The fourth-order valence-corrected chi connectivity index (χ4v) is 3.93. The molecule has 0 aliphatic carbocycles. The lowest BCUT2D eigenvalue weighted by atomic mass is 10.1. The van der Waals surface area contributed by atoms with Crippen LogP contribution in [0, 0.1) is 3.57 Å². The SMILES string of the molecule is O=C1N/C(=C/c2ccc(OCc3ccc(Cl)cc3)c(I)c2)C(=O)N1Cc1ccccc1. The Morgan fingerprint density at radius 3 is 2.42 bits per heavy atom. The highest BCUT2D eigenvalue weighted by molar-refractivity contribution is 14.1. The number of hydrogen-bond donors (Lipinski definition) is 1. The van der Waals surface area contributed by atoms with Gasteiger partial charge in [-0.15, -0.1) is 0 Å². The van der Waals surface area contributed by atoms with Crippen molar-refractivity contribution >= 4 is 52.2 Å². The number of carbonyl (C=O) groups excluding carboxylic acids is 2. The third-order valence-corrected chi connectivity index (χ3v) is 5.82. The summed E-state index contributed by atoms with van der Waals surface area (Å²) in [4.78, 5) is 26.2. The highest BCUT2D eigenvalue weighted by Crippen LogP contribution is 2.25. The largest absolute Gasteiger partial charge is 0.488 e. The number of benzene rings is 3. The van der Waals surface area contributed by atoms with Crippen LogP contribution in [0.25, 0.3) is 6.08 Å². The average molecular weight is 545 g/mol. The van der Waals surface area contributed by atoms with Crippen LogP contribution >= 0.6 is 34.2 Å². The predicted octanol–water partition coefficient (Wildman–Crippen LogP) is 5.62. The van der Waals surface area contributed by atoms with Crippen LogP contribution in [-0.2, 0) is 17.9 Å². The van der Waals surface area contributed by atoms with Crippen LogP contribution in [0.1, 0.15) is 16.7 Å². The maximum Gasteiger partial charge on any atom is 0.329 e. The first-order chi connectivity index (χ1) is 15.0. The quantitative estimate of drug-likeness (QED) is 0.249. The van der Waals surface area contributed by atoms with Crippen LogP contribution in [0.2, 0.25) is 5.02 Å². The molecular formula is C24H18ClIN2O3. The topological polar surface area (TPSA) is 58.6 Å². The van der Waals surface area contributed by atoms with Gasteiger partial charge in [0.1, 0.15) is 18.1 Å².